The summed E-state index contributed by atoms with van der Waals surface area (Å²) in [6.45, 7) is 8.00. The lowest BCUT2D eigenvalue weighted by Gasteiger charge is -2.12. The Morgan fingerprint density at radius 2 is 1.64 bits per heavy atom. The molecule has 3 nitrogen and oxygen atoms in total. The van der Waals surface area contributed by atoms with E-state index in [2.05, 4.69) is 0 Å². The number of aliphatic carboxylic acids is 1. The summed E-state index contributed by atoms with van der Waals surface area (Å²) >= 11 is 0. The van der Waals surface area contributed by atoms with Crippen molar-refractivity contribution in [3.05, 3.63) is 34.4 Å². The molecule has 3 heteroatoms. The molecular formula is C19H28O3. The number of aryl methyl sites for hydroxylation is 3. The molecule has 122 valence electrons. The number of carbonyl (C=O) groups is 2. The summed E-state index contributed by atoms with van der Waals surface area (Å²) < 4.78 is 0. The first-order valence-electron chi connectivity index (χ1n) is 8.20. The van der Waals surface area contributed by atoms with E-state index in [1.54, 1.807) is 0 Å². The Morgan fingerprint density at radius 3 is 2.14 bits per heavy atom. The van der Waals surface area contributed by atoms with Gasteiger partial charge >= 0.3 is 5.97 Å². The van der Waals surface area contributed by atoms with Crippen LogP contribution in [-0.2, 0) is 4.79 Å². The fraction of sp³-hybridized carbons (Fsp3) is 0.579. The zero-order chi connectivity index (χ0) is 16.7. The molecule has 0 aliphatic rings. The van der Waals surface area contributed by atoms with Gasteiger partial charge in [-0.2, -0.15) is 0 Å². The lowest BCUT2D eigenvalue weighted by Crippen LogP contribution is -2.13. The van der Waals surface area contributed by atoms with Gasteiger partial charge in [0.2, 0.25) is 0 Å². The van der Waals surface area contributed by atoms with E-state index in [0.717, 1.165) is 42.4 Å². The molecule has 0 aliphatic heterocycles. The third kappa shape index (κ3) is 5.28. The second kappa shape index (κ2) is 8.72. The number of carboxylic acid groups (broad SMARTS) is 1. The summed E-state index contributed by atoms with van der Waals surface area (Å²) in [5, 5.41) is 9.12. The number of benzene rings is 1. The molecular weight excluding hydrogens is 276 g/mol. The molecule has 1 N–H and O–H groups in total. The molecule has 0 heterocycles. The minimum absolute atomic E-state index is 0.178. The lowest BCUT2D eigenvalue weighted by atomic mass is 9.92. The van der Waals surface area contributed by atoms with Crippen molar-refractivity contribution in [2.24, 2.45) is 5.92 Å². The molecule has 1 atom stereocenters. The number of carbonyl (C=O) groups excluding carboxylic acids is 1. The summed E-state index contributed by atoms with van der Waals surface area (Å²) in [4.78, 5) is 23.5. The normalized spacial score (nSPS) is 12.2. The van der Waals surface area contributed by atoms with Gasteiger partial charge in [0, 0.05) is 12.0 Å². The molecule has 0 amide bonds. The van der Waals surface area contributed by atoms with Crippen LogP contribution in [0.15, 0.2) is 12.1 Å². The van der Waals surface area contributed by atoms with Crippen LogP contribution < -0.4 is 0 Å². The highest BCUT2D eigenvalue weighted by Gasteiger charge is 2.17. The van der Waals surface area contributed by atoms with Crippen LogP contribution >= 0.6 is 0 Å². The molecule has 1 unspecified atom stereocenters. The van der Waals surface area contributed by atoms with Crippen LogP contribution in [-0.4, -0.2) is 16.9 Å². The van der Waals surface area contributed by atoms with Gasteiger partial charge in [-0.3, -0.25) is 9.59 Å². The first kappa shape index (κ1) is 18.4. The van der Waals surface area contributed by atoms with Gasteiger partial charge in [0.15, 0.2) is 5.78 Å². The van der Waals surface area contributed by atoms with E-state index in [9.17, 15) is 9.59 Å². The highest BCUT2D eigenvalue weighted by Crippen LogP contribution is 2.21. The quantitative estimate of drug-likeness (QED) is 0.524. The van der Waals surface area contributed by atoms with E-state index in [0.29, 0.717) is 12.8 Å². The van der Waals surface area contributed by atoms with Crippen molar-refractivity contribution in [3.8, 4) is 0 Å². The molecule has 0 aromatic heterocycles. The van der Waals surface area contributed by atoms with Crippen LogP contribution in [0.3, 0.4) is 0 Å². The molecule has 0 bridgehead atoms. The lowest BCUT2D eigenvalue weighted by molar-refractivity contribution is -0.142. The smallest absolute Gasteiger partial charge is 0.306 e. The summed E-state index contributed by atoms with van der Waals surface area (Å²) in [5.41, 5.74) is 4.10. The predicted octanol–water partition coefficient (Wildman–Crippen LogP) is 4.86. The number of rotatable bonds is 9. The number of hydrogen-bond acceptors (Lipinski definition) is 2. The summed E-state index contributed by atoms with van der Waals surface area (Å²) in [5.74, 6) is -0.793. The Labute approximate surface area is 133 Å². The third-order valence-electron chi connectivity index (χ3n) is 4.15. The zero-order valence-corrected chi connectivity index (χ0v) is 14.2. The first-order valence-corrected chi connectivity index (χ1v) is 8.20. The van der Waals surface area contributed by atoms with Gasteiger partial charge in [-0.1, -0.05) is 37.5 Å². The summed E-state index contributed by atoms with van der Waals surface area (Å²) in [6, 6.07) is 4.09. The maximum atomic E-state index is 12.4. The SMILES string of the molecule is CCCC(CCCCC(=O)c1c(C)cc(C)cc1C)C(=O)O. The van der Waals surface area contributed by atoms with Crippen molar-refractivity contribution in [3.63, 3.8) is 0 Å². The Balaban J connectivity index is 2.52. The highest BCUT2D eigenvalue weighted by atomic mass is 16.4. The fourth-order valence-electron chi connectivity index (χ4n) is 3.16. The number of unbranched alkanes of at least 4 members (excludes halogenated alkanes) is 1. The van der Waals surface area contributed by atoms with Crippen LogP contribution in [0.25, 0.3) is 0 Å². The topological polar surface area (TPSA) is 54.4 Å². The van der Waals surface area contributed by atoms with Crippen molar-refractivity contribution >= 4 is 11.8 Å². The number of carboxylic acids is 1. The van der Waals surface area contributed by atoms with Crippen LogP contribution in [0.2, 0.25) is 0 Å². The molecule has 1 aromatic rings. The van der Waals surface area contributed by atoms with Gasteiger partial charge in [-0.05, 0) is 51.2 Å². The van der Waals surface area contributed by atoms with Crippen molar-refractivity contribution in [2.45, 2.75) is 66.2 Å². The molecule has 1 aromatic carbocycles. The van der Waals surface area contributed by atoms with Gasteiger partial charge in [-0.25, -0.2) is 0 Å². The highest BCUT2D eigenvalue weighted by molar-refractivity contribution is 5.98. The summed E-state index contributed by atoms with van der Waals surface area (Å²) in [7, 11) is 0. The number of Topliss-reactive ketones (excluding diaryl/α,β-unsaturated/α-hetero) is 1. The van der Waals surface area contributed by atoms with E-state index >= 15 is 0 Å². The standard InChI is InChI=1S/C19H28O3/c1-5-8-16(19(21)22)9-6-7-10-17(20)18-14(3)11-13(2)12-15(18)4/h11-12,16H,5-10H2,1-4H3,(H,21,22). The second-order valence-electron chi connectivity index (χ2n) is 6.27. The van der Waals surface area contributed by atoms with Gasteiger partial charge in [0.25, 0.3) is 0 Å². The molecule has 0 radical (unpaired) electrons. The van der Waals surface area contributed by atoms with Gasteiger partial charge < -0.3 is 5.11 Å². The average molecular weight is 304 g/mol. The maximum Gasteiger partial charge on any atom is 0.306 e. The Hall–Kier alpha value is -1.64. The van der Waals surface area contributed by atoms with E-state index in [4.69, 9.17) is 5.11 Å². The van der Waals surface area contributed by atoms with Crippen LogP contribution in [0, 0.1) is 26.7 Å². The monoisotopic (exact) mass is 304 g/mol. The Kier molecular flexibility index (Phi) is 7.30. The van der Waals surface area contributed by atoms with Crippen molar-refractivity contribution < 1.29 is 14.7 Å². The minimum Gasteiger partial charge on any atom is -0.481 e. The molecule has 0 aliphatic carbocycles. The van der Waals surface area contributed by atoms with Gasteiger partial charge in [-0.15, -0.1) is 0 Å². The van der Waals surface area contributed by atoms with Crippen LogP contribution in [0.4, 0.5) is 0 Å². The predicted molar refractivity (Wildman–Crippen MR) is 89.5 cm³/mol. The van der Waals surface area contributed by atoms with Crippen molar-refractivity contribution in [2.75, 3.05) is 0 Å². The Morgan fingerprint density at radius 1 is 1.05 bits per heavy atom. The van der Waals surface area contributed by atoms with E-state index in [-0.39, 0.29) is 11.7 Å². The summed E-state index contributed by atoms with van der Waals surface area (Å²) in [6.07, 6.45) is 4.34. The van der Waals surface area contributed by atoms with E-state index < -0.39 is 5.97 Å². The number of hydrogen-bond donors (Lipinski definition) is 1. The molecule has 0 fully saturated rings. The second-order valence-corrected chi connectivity index (χ2v) is 6.27. The van der Waals surface area contributed by atoms with Gasteiger partial charge in [0.05, 0.1) is 5.92 Å². The molecule has 22 heavy (non-hydrogen) atoms. The molecule has 0 saturated carbocycles. The van der Waals surface area contributed by atoms with E-state index in [1.807, 2.05) is 39.8 Å². The van der Waals surface area contributed by atoms with E-state index in [1.165, 1.54) is 5.56 Å². The Bertz CT molecular complexity index is 508. The fourth-order valence-corrected chi connectivity index (χ4v) is 3.16. The van der Waals surface area contributed by atoms with Crippen molar-refractivity contribution in [1.82, 2.24) is 0 Å². The first-order chi connectivity index (χ1) is 10.4. The zero-order valence-electron chi connectivity index (χ0n) is 14.2. The van der Waals surface area contributed by atoms with Crippen LogP contribution in [0.5, 0.6) is 0 Å². The largest absolute Gasteiger partial charge is 0.481 e. The molecule has 1 rings (SSSR count). The van der Waals surface area contributed by atoms with Gasteiger partial charge in [0.1, 0.15) is 0 Å². The minimum atomic E-state index is -0.710. The molecule has 0 saturated heterocycles. The maximum absolute atomic E-state index is 12.4. The average Bonchev–Trinajstić information content (AvgIpc) is 2.40. The van der Waals surface area contributed by atoms with Crippen molar-refractivity contribution in [1.29, 1.82) is 0 Å². The van der Waals surface area contributed by atoms with Crippen LogP contribution in [0.1, 0.15) is 72.5 Å². The molecule has 0 spiro atoms. The number of ketones is 1. The third-order valence-corrected chi connectivity index (χ3v) is 4.15.